The van der Waals surface area contributed by atoms with Gasteiger partial charge < -0.3 is 5.11 Å². The lowest BCUT2D eigenvalue weighted by molar-refractivity contribution is 0.178. The topological polar surface area (TPSA) is 20.2 Å². The zero-order valence-electron chi connectivity index (χ0n) is 9.71. The zero-order chi connectivity index (χ0) is 14.0. The summed E-state index contributed by atoms with van der Waals surface area (Å²) < 4.78 is 27.0. The molecule has 1 unspecified atom stereocenters. The number of aliphatic hydroxyl groups excluding tert-OH is 1. The average Bonchev–Trinajstić information content (AvgIpc) is 2.38. The van der Waals surface area contributed by atoms with Gasteiger partial charge in [-0.3, -0.25) is 0 Å². The minimum Gasteiger partial charge on any atom is -0.388 e. The molecule has 0 spiro atoms. The van der Waals surface area contributed by atoms with E-state index in [0.29, 0.717) is 15.6 Å². The van der Waals surface area contributed by atoms with Crippen LogP contribution in [-0.2, 0) is 6.42 Å². The van der Waals surface area contributed by atoms with E-state index in [1.807, 2.05) is 0 Å². The quantitative estimate of drug-likeness (QED) is 0.856. The number of hydrogen-bond acceptors (Lipinski definition) is 1. The molecule has 19 heavy (non-hydrogen) atoms. The van der Waals surface area contributed by atoms with E-state index in [9.17, 15) is 13.9 Å². The molecule has 2 aromatic carbocycles. The molecule has 0 aliphatic rings. The van der Waals surface area contributed by atoms with E-state index in [1.54, 1.807) is 12.1 Å². The van der Waals surface area contributed by atoms with E-state index in [0.717, 1.165) is 0 Å². The van der Waals surface area contributed by atoms with E-state index in [1.165, 1.54) is 24.3 Å². The Morgan fingerprint density at radius 2 is 1.89 bits per heavy atom. The molecular formula is C14H10BrClF2O. The van der Waals surface area contributed by atoms with Crippen LogP contribution >= 0.6 is 27.5 Å². The first kappa shape index (κ1) is 14.4. The second-order valence-electron chi connectivity index (χ2n) is 4.11. The first-order chi connectivity index (χ1) is 8.99. The summed E-state index contributed by atoms with van der Waals surface area (Å²) in [5, 5.41) is 10.0. The molecule has 5 heteroatoms. The highest BCUT2D eigenvalue weighted by molar-refractivity contribution is 9.10. The molecule has 0 bridgehead atoms. The molecule has 2 aromatic rings. The highest BCUT2D eigenvalue weighted by atomic mass is 79.9. The van der Waals surface area contributed by atoms with Crippen LogP contribution in [0.4, 0.5) is 8.78 Å². The van der Waals surface area contributed by atoms with E-state index < -0.39 is 17.7 Å². The van der Waals surface area contributed by atoms with E-state index in [4.69, 9.17) is 11.6 Å². The molecule has 0 saturated heterocycles. The van der Waals surface area contributed by atoms with Gasteiger partial charge in [0.25, 0.3) is 0 Å². The van der Waals surface area contributed by atoms with Gasteiger partial charge in [0.2, 0.25) is 0 Å². The first-order valence-corrected chi connectivity index (χ1v) is 6.72. The van der Waals surface area contributed by atoms with Crippen LogP contribution in [-0.4, -0.2) is 5.11 Å². The third kappa shape index (κ3) is 3.32. The Kier molecular flexibility index (Phi) is 4.55. The fourth-order valence-electron chi connectivity index (χ4n) is 1.75. The maximum atomic E-state index is 13.4. The van der Waals surface area contributed by atoms with Crippen molar-refractivity contribution in [1.29, 1.82) is 0 Å². The van der Waals surface area contributed by atoms with Crippen LogP contribution in [0.15, 0.2) is 40.9 Å². The van der Waals surface area contributed by atoms with Gasteiger partial charge in [0.1, 0.15) is 11.6 Å². The van der Waals surface area contributed by atoms with Crippen molar-refractivity contribution in [3.8, 4) is 0 Å². The van der Waals surface area contributed by atoms with Gasteiger partial charge >= 0.3 is 0 Å². The Hall–Kier alpha value is -0.970. The van der Waals surface area contributed by atoms with Crippen molar-refractivity contribution in [1.82, 2.24) is 0 Å². The number of rotatable bonds is 3. The van der Waals surface area contributed by atoms with Crippen molar-refractivity contribution in [3.05, 3.63) is 68.7 Å². The zero-order valence-corrected chi connectivity index (χ0v) is 12.0. The molecule has 1 nitrogen and oxygen atoms in total. The summed E-state index contributed by atoms with van der Waals surface area (Å²) in [4.78, 5) is 0. The molecule has 0 fully saturated rings. The number of aliphatic hydroxyl groups is 1. The molecule has 1 N–H and O–H groups in total. The van der Waals surface area contributed by atoms with Gasteiger partial charge in [-0.15, -0.1) is 0 Å². The van der Waals surface area contributed by atoms with E-state index in [2.05, 4.69) is 15.9 Å². The Morgan fingerprint density at radius 3 is 2.58 bits per heavy atom. The van der Waals surface area contributed by atoms with Crippen LogP contribution in [0, 0.1) is 11.6 Å². The molecule has 0 aliphatic carbocycles. The molecule has 0 saturated carbocycles. The summed E-state index contributed by atoms with van der Waals surface area (Å²) in [5.41, 5.74) is 0.901. The third-order valence-corrected chi connectivity index (χ3v) is 3.84. The van der Waals surface area contributed by atoms with Crippen molar-refractivity contribution < 1.29 is 13.9 Å². The lowest BCUT2D eigenvalue weighted by Gasteiger charge is -2.13. The van der Waals surface area contributed by atoms with Crippen LogP contribution in [0.5, 0.6) is 0 Å². The van der Waals surface area contributed by atoms with Crippen LogP contribution in [0.1, 0.15) is 17.2 Å². The summed E-state index contributed by atoms with van der Waals surface area (Å²) in [6.07, 6.45) is -0.820. The van der Waals surface area contributed by atoms with Crippen molar-refractivity contribution in [2.24, 2.45) is 0 Å². The molecule has 0 heterocycles. The van der Waals surface area contributed by atoms with Crippen LogP contribution < -0.4 is 0 Å². The minimum absolute atomic E-state index is 0.0147. The highest BCUT2D eigenvalue weighted by Crippen LogP contribution is 2.27. The second kappa shape index (κ2) is 5.99. The Morgan fingerprint density at radius 1 is 1.16 bits per heavy atom. The van der Waals surface area contributed by atoms with Gasteiger partial charge in [-0.2, -0.15) is 0 Å². The monoisotopic (exact) mass is 346 g/mol. The summed E-state index contributed by atoms with van der Waals surface area (Å²) in [6, 6.07) is 8.75. The maximum absolute atomic E-state index is 13.4. The van der Waals surface area contributed by atoms with Crippen molar-refractivity contribution >= 4 is 27.5 Å². The number of hydrogen-bond donors (Lipinski definition) is 1. The normalized spacial score (nSPS) is 12.5. The van der Waals surface area contributed by atoms with Gasteiger partial charge in [-0.1, -0.05) is 29.8 Å². The summed E-state index contributed by atoms with van der Waals surface area (Å²) in [6.45, 7) is 0. The molecular weight excluding hydrogens is 338 g/mol. The van der Waals surface area contributed by atoms with Crippen LogP contribution in [0.25, 0.3) is 0 Å². The molecule has 0 amide bonds. The van der Waals surface area contributed by atoms with Crippen LogP contribution in [0.3, 0.4) is 0 Å². The van der Waals surface area contributed by atoms with Crippen molar-refractivity contribution in [2.75, 3.05) is 0 Å². The average molecular weight is 348 g/mol. The van der Waals surface area contributed by atoms with Crippen molar-refractivity contribution in [2.45, 2.75) is 12.5 Å². The second-order valence-corrected chi connectivity index (χ2v) is 5.34. The Labute approximate surface area is 123 Å². The highest BCUT2D eigenvalue weighted by Gasteiger charge is 2.14. The van der Waals surface area contributed by atoms with Gasteiger partial charge in [-0.25, -0.2) is 8.78 Å². The smallest absolute Gasteiger partial charge is 0.142 e. The van der Waals surface area contributed by atoms with Gasteiger partial charge in [0.15, 0.2) is 0 Å². The van der Waals surface area contributed by atoms with Gasteiger partial charge in [0.05, 0.1) is 15.6 Å². The molecule has 2 rings (SSSR count). The Balaban J connectivity index is 2.23. The first-order valence-electron chi connectivity index (χ1n) is 5.55. The molecule has 1 atom stereocenters. The predicted octanol–water partition coefficient (Wildman–Crippen LogP) is 4.66. The maximum Gasteiger partial charge on any atom is 0.142 e. The summed E-state index contributed by atoms with van der Waals surface area (Å²) >= 11 is 8.85. The number of benzene rings is 2. The van der Waals surface area contributed by atoms with Gasteiger partial charge in [0, 0.05) is 6.42 Å². The van der Waals surface area contributed by atoms with Crippen LogP contribution in [0.2, 0.25) is 5.02 Å². The number of halogens is 4. The molecule has 0 radical (unpaired) electrons. The predicted molar refractivity (Wildman–Crippen MR) is 74.2 cm³/mol. The van der Waals surface area contributed by atoms with Crippen molar-refractivity contribution in [3.63, 3.8) is 0 Å². The fourth-order valence-corrected chi connectivity index (χ4v) is 2.20. The molecule has 0 aromatic heterocycles. The van der Waals surface area contributed by atoms with Gasteiger partial charge in [-0.05, 0) is 45.3 Å². The van der Waals surface area contributed by atoms with E-state index in [-0.39, 0.29) is 11.4 Å². The lowest BCUT2D eigenvalue weighted by atomic mass is 10.0. The summed E-state index contributed by atoms with van der Waals surface area (Å²) in [7, 11) is 0. The third-order valence-electron chi connectivity index (χ3n) is 2.77. The lowest BCUT2D eigenvalue weighted by Crippen LogP contribution is -2.03. The minimum atomic E-state index is -0.943. The fraction of sp³-hybridized carbons (Fsp3) is 0.143. The largest absolute Gasteiger partial charge is 0.388 e. The molecule has 100 valence electrons. The standard InChI is InChI=1S/C14H10BrClF2O/c15-10-5-4-8(6-12(10)18)13(19)7-9-2-1-3-11(17)14(9)16/h1-6,13,19H,7H2. The SMILES string of the molecule is OC(Cc1cccc(F)c1Cl)c1ccc(Br)c(F)c1. The Bertz CT molecular complexity index is 604. The summed E-state index contributed by atoms with van der Waals surface area (Å²) in [5.74, 6) is -0.991. The molecule has 0 aliphatic heterocycles. The van der Waals surface area contributed by atoms with E-state index >= 15 is 0 Å².